The predicted octanol–water partition coefficient (Wildman–Crippen LogP) is 2.90. The molecule has 3 heterocycles. The summed E-state index contributed by atoms with van der Waals surface area (Å²) in [4.78, 5) is 24.5. The number of ether oxygens (including phenoxy) is 1. The number of hydrogen-bond donors (Lipinski definition) is 1. The van der Waals surface area contributed by atoms with Crippen LogP contribution in [0.5, 0.6) is 11.6 Å². The van der Waals surface area contributed by atoms with E-state index in [1.54, 1.807) is 42.9 Å². The minimum absolute atomic E-state index is 0.248. The molecule has 3 rings (SSSR count). The van der Waals surface area contributed by atoms with Crippen molar-refractivity contribution in [1.29, 1.82) is 0 Å². The van der Waals surface area contributed by atoms with Gasteiger partial charge in [0.15, 0.2) is 0 Å². The van der Waals surface area contributed by atoms with E-state index in [1.807, 2.05) is 25.1 Å². The van der Waals surface area contributed by atoms with Gasteiger partial charge < -0.3 is 10.1 Å². The maximum Gasteiger partial charge on any atom is 0.270 e. The van der Waals surface area contributed by atoms with Crippen molar-refractivity contribution >= 4 is 5.91 Å². The summed E-state index contributed by atoms with van der Waals surface area (Å²) in [5.41, 5.74) is 2.04. The first-order chi connectivity index (χ1) is 11.7. The third kappa shape index (κ3) is 3.92. The molecular weight excluding hydrogens is 304 g/mol. The number of aromatic nitrogens is 3. The summed E-state index contributed by atoms with van der Waals surface area (Å²) in [6, 6.07) is 12.5. The van der Waals surface area contributed by atoms with Crippen molar-refractivity contribution in [3.8, 4) is 11.6 Å². The van der Waals surface area contributed by atoms with Crippen molar-refractivity contribution < 1.29 is 9.53 Å². The van der Waals surface area contributed by atoms with Crippen LogP contribution in [-0.2, 0) is 6.54 Å². The van der Waals surface area contributed by atoms with Crippen molar-refractivity contribution in [1.82, 2.24) is 20.3 Å². The first-order valence-electron chi connectivity index (χ1n) is 7.46. The topological polar surface area (TPSA) is 77.0 Å². The van der Waals surface area contributed by atoms with Gasteiger partial charge in [-0.3, -0.25) is 14.8 Å². The van der Waals surface area contributed by atoms with E-state index in [9.17, 15) is 4.79 Å². The Morgan fingerprint density at radius 1 is 1.04 bits per heavy atom. The number of carbonyl (C=O) groups is 1. The molecule has 0 radical (unpaired) electrons. The molecule has 0 saturated heterocycles. The second-order valence-corrected chi connectivity index (χ2v) is 5.10. The molecule has 120 valence electrons. The first kappa shape index (κ1) is 15.6. The summed E-state index contributed by atoms with van der Waals surface area (Å²) in [5, 5.41) is 2.81. The number of pyridine rings is 3. The molecule has 0 aliphatic carbocycles. The van der Waals surface area contributed by atoms with Crippen LogP contribution in [0.2, 0.25) is 0 Å². The lowest BCUT2D eigenvalue weighted by Crippen LogP contribution is -2.24. The van der Waals surface area contributed by atoms with Gasteiger partial charge in [0, 0.05) is 30.2 Å². The molecule has 0 aliphatic rings. The Balaban J connectivity index is 1.70. The van der Waals surface area contributed by atoms with E-state index in [0.29, 0.717) is 17.3 Å². The zero-order chi connectivity index (χ0) is 16.8. The van der Waals surface area contributed by atoms with Crippen molar-refractivity contribution in [2.45, 2.75) is 13.5 Å². The van der Waals surface area contributed by atoms with Gasteiger partial charge in [-0.1, -0.05) is 12.1 Å². The van der Waals surface area contributed by atoms with E-state index in [1.165, 1.54) is 0 Å². The zero-order valence-corrected chi connectivity index (χ0v) is 13.1. The fourth-order valence-corrected chi connectivity index (χ4v) is 2.04. The lowest BCUT2D eigenvalue weighted by Gasteiger charge is -2.10. The Kier molecular flexibility index (Phi) is 4.76. The van der Waals surface area contributed by atoms with E-state index >= 15 is 0 Å². The van der Waals surface area contributed by atoms with Crippen LogP contribution in [0.25, 0.3) is 0 Å². The van der Waals surface area contributed by atoms with Crippen LogP contribution < -0.4 is 10.1 Å². The third-order valence-corrected chi connectivity index (χ3v) is 3.29. The number of aryl methyl sites for hydroxylation is 1. The molecule has 0 bridgehead atoms. The molecule has 0 aromatic carbocycles. The Labute approximate surface area is 139 Å². The number of amides is 1. The van der Waals surface area contributed by atoms with Crippen LogP contribution >= 0.6 is 0 Å². The predicted molar refractivity (Wildman–Crippen MR) is 88.7 cm³/mol. The van der Waals surface area contributed by atoms with Gasteiger partial charge in [0.2, 0.25) is 5.88 Å². The normalized spacial score (nSPS) is 10.2. The minimum Gasteiger partial charge on any atom is -0.437 e. The van der Waals surface area contributed by atoms with E-state index in [0.717, 1.165) is 11.3 Å². The quantitative estimate of drug-likeness (QED) is 0.782. The summed E-state index contributed by atoms with van der Waals surface area (Å²) in [7, 11) is 0. The minimum atomic E-state index is -0.248. The average molecular weight is 320 g/mol. The lowest BCUT2D eigenvalue weighted by atomic mass is 10.2. The number of nitrogens with one attached hydrogen (secondary N) is 1. The molecule has 0 saturated carbocycles. The van der Waals surface area contributed by atoms with Gasteiger partial charge in [0.05, 0.1) is 6.20 Å². The second kappa shape index (κ2) is 7.32. The fourth-order valence-electron chi connectivity index (χ4n) is 2.04. The van der Waals surface area contributed by atoms with Gasteiger partial charge >= 0.3 is 0 Å². The van der Waals surface area contributed by atoms with Crippen LogP contribution in [0.1, 0.15) is 21.7 Å². The molecule has 24 heavy (non-hydrogen) atoms. The van der Waals surface area contributed by atoms with Crippen molar-refractivity contribution in [2.24, 2.45) is 0 Å². The Morgan fingerprint density at radius 3 is 2.67 bits per heavy atom. The highest BCUT2D eigenvalue weighted by Crippen LogP contribution is 2.22. The monoisotopic (exact) mass is 320 g/mol. The number of nitrogens with zero attached hydrogens (tertiary/aromatic N) is 3. The van der Waals surface area contributed by atoms with E-state index in [2.05, 4.69) is 20.3 Å². The molecule has 0 atom stereocenters. The molecule has 0 spiro atoms. The largest absolute Gasteiger partial charge is 0.437 e. The third-order valence-electron chi connectivity index (χ3n) is 3.29. The van der Waals surface area contributed by atoms with E-state index in [-0.39, 0.29) is 12.5 Å². The Hall–Kier alpha value is -3.28. The SMILES string of the molecule is Cc1ccc(Oc2ncccc2CNC(=O)c2ccccn2)cn1. The van der Waals surface area contributed by atoms with Gasteiger partial charge in [-0.2, -0.15) is 0 Å². The fraction of sp³-hybridized carbons (Fsp3) is 0.111. The van der Waals surface area contributed by atoms with Gasteiger partial charge in [-0.25, -0.2) is 4.98 Å². The van der Waals surface area contributed by atoms with Crippen LogP contribution in [0, 0.1) is 6.92 Å². The Morgan fingerprint density at radius 2 is 1.92 bits per heavy atom. The highest BCUT2D eigenvalue weighted by Gasteiger charge is 2.10. The van der Waals surface area contributed by atoms with Crippen LogP contribution in [0.4, 0.5) is 0 Å². The van der Waals surface area contributed by atoms with Crippen molar-refractivity contribution in [3.63, 3.8) is 0 Å². The lowest BCUT2D eigenvalue weighted by molar-refractivity contribution is 0.0945. The van der Waals surface area contributed by atoms with E-state index in [4.69, 9.17) is 4.74 Å². The molecule has 0 fully saturated rings. The van der Waals surface area contributed by atoms with Gasteiger partial charge in [0.1, 0.15) is 11.4 Å². The number of carbonyl (C=O) groups excluding carboxylic acids is 1. The van der Waals surface area contributed by atoms with E-state index < -0.39 is 0 Å². The summed E-state index contributed by atoms with van der Waals surface area (Å²) in [6.45, 7) is 2.20. The summed E-state index contributed by atoms with van der Waals surface area (Å²) >= 11 is 0. The average Bonchev–Trinajstić information content (AvgIpc) is 2.63. The van der Waals surface area contributed by atoms with Gasteiger partial charge in [-0.15, -0.1) is 0 Å². The standard InChI is InChI=1S/C18H16N4O2/c1-13-7-8-15(12-21-13)24-18-14(5-4-10-20-18)11-22-17(23)16-6-2-3-9-19-16/h2-10,12H,11H2,1H3,(H,22,23). The van der Waals surface area contributed by atoms with Gasteiger partial charge in [0.25, 0.3) is 5.91 Å². The van der Waals surface area contributed by atoms with Gasteiger partial charge in [-0.05, 0) is 37.3 Å². The summed E-state index contributed by atoms with van der Waals surface area (Å²) < 4.78 is 5.76. The molecule has 3 aromatic heterocycles. The summed E-state index contributed by atoms with van der Waals surface area (Å²) in [5.74, 6) is 0.781. The highest BCUT2D eigenvalue weighted by molar-refractivity contribution is 5.92. The molecule has 6 nitrogen and oxygen atoms in total. The maximum absolute atomic E-state index is 12.1. The zero-order valence-electron chi connectivity index (χ0n) is 13.1. The van der Waals surface area contributed by atoms with Crippen LogP contribution in [0.3, 0.4) is 0 Å². The Bertz CT molecular complexity index is 820. The molecule has 3 aromatic rings. The second-order valence-electron chi connectivity index (χ2n) is 5.10. The number of rotatable bonds is 5. The maximum atomic E-state index is 12.1. The van der Waals surface area contributed by atoms with Crippen molar-refractivity contribution in [3.05, 3.63) is 78.0 Å². The van der Waals surface area contributed by atoms with Crippen molar-refractivity contribution in [2.75, 3.05) is 0 Å². The molecule has 1 amide bonds. The molecule has 1 N–H and O–H groups in total. The first-order valence-corrected chi connectivity index (χ1v) is 7.46. The van der Waals surface area contributed by atoms with Crippen LogP contribution in [-0.4, -0.2) is 20.9 Å². The molecule has 0 unspecified atom stereocenters. The number of hydrogen-bond acceptors (Lipinski definition) is 5. The van der Waals surface area contributed by atoms with Crippen LogP contribution in [0.15, 0.2) is 61.1 Å². The smallest absolute Gasteiger partial charge is 0.270 e. The highest BCUT2D eigenvalue weighted by atomic mass is 16.5. The summed E-state index contributed by atoms with van der Waals surface area (Å²) in [6.07, 6.45) is 4.86. The molecule has 6 heteroatoms. The molecular formula is C18H16N4O2. The molecule has 0 aliphatic heterocycles.